The molecule has 2 saturated carbocycles. The van der Waals surface area contributed by atoms with Gasteiger partial charge in [0, 0.05) is 18.1 Å². The van der Waals surface area contributed by atoms with Gasteiger partial charge in [-0.15, -0.1) is 0 Å². The lowest BCUT2D eigenvalue weighted by Gasteiger charge is -2.50. The second-order valence-corrected chi connectivity index (χ2v) is 8.40. The number of esters is 1. The summed E-state index contributed by atoms with van der Waals surface area (Å²) in [4.78, 5) is 11.9. The number of ether oxygens (including phenoxy) is 1. The van der Waals surface area contributed by atoms with E-state index in [1.807, 2.05) is 6.07 Å². The van der Waals surface area contributed by atoms with Gasteiger partial charge < -0.3 is 14.9 Å². The van der Waals surface area contributed by atoms with Gasteiger partial charge in [-0.05, 0) is 73.3 Å². The van der Waals surface area contributed by atoms with Crippen molar-refractivity contribution in [1.82, 2.24) is 0 Å². The fourth-order valence-electron chi connectivity index (χ4n) is 5.92. The van der Waals surface area contributed by atoms with Crippen LogP contribution in [0.25, 0.3) is 0 Å². The summed E-state index contributed by atoms with van der Waals surface area (Å²) >= 11 is 0. The number of aliphatic hydroxyl groups is 1. The summed E-state index contributed by atoms with van der Waals surface area (Å²) in [6.45, 7) is 4.04. The standard InChI is InChI=1S/C21H28O4/c1-3-19(24)25-17-11-13(22)10-12-4-5-14-15(20(12)17)8-9-21(2)16(14)6-7-18(21)23/h10-11,14-16,18,22-23H,3-9H2,1-2H3/t14-,15-,16-,18-,21-/m0/s1. The van der Waals surface area contributed by atoms with E-state index in [0.29, 0.717) is 29.9 Å². The van der Waals surface area contributed by atoms with Gasteiger partial charge in [-0.1, -0.05) is 13.8 Å². The van der Waals surface area contributed by atoms with Gasteiger partial charge in [0.25, 0.3) is 0 Å². The molecule has 4 rings (SSSR count). The summed E-state index contributed by atoms with van der Waals surface area (Å²) < 4.78 is 5.60. The molecule has 1 aromatic carbocycles. The minimum Gasteiger partial charge on any atom is -0.508 e. The minimum atomic E-state index is -0.258. The first kappa shape index (κ1) is 16.9. The zero-order valence-corrected chi connectivity index (χ0v) is 15.1. The van der Waals surface area contributed by atoms with Crippen LogP contribution in [-0.4, -0.2) is 22.3 Å². The van der Waals surface area contributed by atoms with E-state index in [4.69, 9.17) is 4.74 Å². The molecule has 136 valence electrons. The van der Waals surface area contributed by atoms with Crippen LogP contribution in [0, 0.1) is 17.3 Å². The summed E-state index contributed by atoms with van der Waals surface area (Å²) in [6, 6.07) is 3.44. The van der Waals surface area contributed by atoms with E-state index < -0.39 is 0 Å². The third-order valence-electron chi connectivity index (χ3n) is 7.23. The molecule has 4 heteroatoms. The summed E-state index contributed by atoms with van der Waals surface area (Å²) in [6.07, 6.45) is 6.17. The fraction of sp³-hybridized carbons (Fsp3) is 0.667. The molecule has 2 fully saturated rings. The first-order valence-electron chi connectivity index (χ1n) is 9.68. The number of benzene rings is 1. The lowest BCUT2D eigenvalue weighted by molar-refractivity contribution is -0.134. The zero-order valence-electron chi connectivity index (χ0n) is 15.1. The third-order valence-corrected chi connectivity index (χ3v) is 7.23. The van der Waals surface area contributed by atoms with E-state index in [1.54, 1.807) is 13.0 Å². The molecule has 0 aromatic heterocycles. The van der Waals surface area contributed by atoms with Crippen molar-refractivity contribution in [2.75, 3.05) is 0 Å². The van der Waals surface area contributed by atoms with Crippen LogP contribution in [0.5, 0.6) is 11.5 Å². The Morgan fingerprint density at radius 3 is 2.84 bits per heavy atom. The average Bonchev–Trinajstić information content (AvgIpc) is 2.89. The minimum absolute atomic E-state index is 0.0375. The average molecular weight is 344 g/mol. The van der Waals surface area contributed by atoms with Crippen molar-refractivity contribution < 1.29 is 19.7 Å². The second-order valence-electron chi connectivity index (χ2n) is 8.40. The maximum absolute atomic E-state index is 11.9. The quantitative estimate of drug-likeness (QED) is 0.630. The van der Waals surface area contributed by atoms with Gasteiger partial charge in [0.1, 0.15) is 11.5 Å². The molecule has 0 amide bonds. The zero-order chi connectivity index (χ0) is 17.8. The highest BCUT2D eigenvalue weighted by Gasteiger charge is 2.54. The van der Waals surface area contributed by atoms with Crippen molar-refractivity contribution in [3.8, 4) is 11.5 Å². The van der Waals surface area contributed by atoms with Crippen LogP contribution in [0.4, 0.5) is 0 Å². The maximum Gasteiger partial charge on any atom is 0.310 e. The molecule has 25 heavy (non-hydrogen) atoms. The van der Waals surface area contributed by atoms with Gasteiger partial charge in [-0.3, -0.25) is 4.79 Å². The van der Waals surface area contributed by atoms with Crippen molar-refractivity contribution in [3.05, 3.63) is 23.3 Å². The molecule has 0 aliphatic heterocycles. The largest absolute Gasteiger partial charge is 0.508 e. The van der Waals surface area contributed by atoms with E-state index in [9.17, 15) is 15.0 Å². The number of fused-ring (bicyclic) bond motifs is 5. The Hall–Kier alpha value is -1.55. The molecular formula is C21H28O4. The van der Waals surface area contributed by atoms with Crippen LogP contribution < -0.4 is 4.74 Å². The molecule has 0 bridgehead atoms. The van der Waals surface area contributed by atoms with Crippen LogP contribution in [-0.2, 0) is 11.2 Å². The predicted molar refractivity (Wildman–Crippen MR) is 94.7 cm³/mol. The normalized spacial score (nSPS) is 36.3. The SMILES string of the molecule is CCC(=O)Oc1cc(O)cc2c1[C@H]1CC[C@]3(C)[C@@H](O)CC[C@H]3[C@H]1CC2. The number of rotatable bonds is 2. The Kier molecular flexibility index (Phi) is 4.06. The molecule has 5 atom stereocenters. The van der Waals surface area contributed by atoms with Gasteiger partial charge in [0.05, 0.1) is 6.10 Å². The number of aromatic hydroxyl groups is 1. The number of hydrogen-bond donors (Lipinski definition) is 2. The molecule has 4 nitrogen and oxygen atoms in total. The highest BCUT2D eigenvalue weighted by atomic mass is 16.5. The number of aryl methyl sites for hydroxylation is 1. The van der Waals surface area contributed by atoms with Crippen molar-refractivity contribution in [3.63, 3.8) is 0 Å². The summed E-state index contributed by atoms with van der Waals surface area (Å²) in [5.74, 6) is 1.91. The Morgan fingerprint density at radius 1 is 1.28 bits per heavy atom. The molecular weight excluding hydrogens is 316 g/mol. The molecule has 0 saturated heterocycles. The van der Waals surface area contributed by atoms with E-state index in [0.717, 1.165) is 49.7 Å². The predicted octanol–water partition coefficient (Wildman–Crippen LogP) is 3.92. The molecule has 3 aliphatic carbocycles. The van der Waals surface area contributed by atoms with E-state index in [2.05, 4.69) is 6.92 Å². The van der Waals surface area contributed by atoms with Crippen LogP contribution in [0.2, 0.25) is 0 Å². The number of phenolic OH excluding ortho intramolecular Hbond substituents is 1. The van der Waals surface area contributed by atoms with Gasteiger partial charge >= 0.3 is 5.97 Å². The smallest absolute Gasteiger partial charge is 0.310 e. The van der Waals surface area contributed by atoms with E-state index >= 15 is 0 Å². The van der Waals surface area contributed by atoms with Gasteiger partial charge in [0.15, 0.2) is 0 Å². The molecule has 1 aromatic rings. The highest BCUT2D eigenvalue weighted by molar-refractivity contribution is 5.73. The Bertz CT molecular complexity index is 697. The highest BCUT2D eigenvalue weighted by Crippen LogP contribution is 2.62. The van der Waals surface area contributed by atoms with Crippen molar-refractivity contribution in [1.29, 1.82) is 0 Å². The summed E-state index contributed by atoms with van der Waals surface area (Å²) in [5, 5.41) is 20.6. The van der Waals surface area contributed by atoms with E-state index in [1.165, 1.54) is 0 Å². The van der Waals surface area contributed by atoms with Crippen LogP contribution in [0.3, 0.4) is 0 Å². The topological polar surface area (TPSA) is 66.8 Å². The number of carbonyl (C=O) groups excluding carboxylic acids is 1. The van der Waals surface area contributed by atoms with Crippen LogP contribution >= 0.6 is 0 Å². The lowest BCUT2D eigenvalue weighted by atomic mass is 9.55. The summed E-state index contributed by atoms with van der Waals surface area (Å²) in [7, 11) is 0. The molecule has 3 aliphatic rings. The van der Waals surface area contributed by atoms with Gasteiger partial charge in [-0.25, -0.2) is 0 Å². The molecule has 0 heterocycles. The Labute approximate surface area is 149 Å². The summed E-state index contributed by atoms with van der Waals surface area (Å²) in [5.41, 5.74) is 2.30. The number of aliphatic hydroxyl groups excluding tert-OH is 1. The van der Waals surface area contributed by atoms with Crippen molar-refractivity contribution in [2.24, 2.45) is 17.3 Å². The lowest BCUT2D eigenvalue weighted by Crippen LogP contribution is -2.44. The van der Waals surface area contributed by atoms with Crippen molar-refractivity contribution in [2.45, 2.75) is 70.8 Å². The second kappa shape index (κ2) is 6.01. The van der Waals surface area contributed by atoms with Crippen molar-refractivity contribution >= 4 is 5.97 Å². The van der Waals surface area contributed by atoms with Gasteiger partial charge in [0.2, 0.25) is 0 Å². The van der Waals surface area contributed by atoms with Crippen LogP contribution in [0.1, 0.15) is 69.4 Å². The Morgan fingerprint density at radius 2 is 2.08 bits per heavy atom. The molecule has 0 spiro atoms. The van der Waals surface area contributed by atoms with Gasteiger partial charge in [-0.2, -0.15) is 0 Å². The first-order valence-corrected chi connectivity index (χ1v) is 9.68. The maximum atomic E-state index is 11.9. The molecule has 0 radical (unpaired) electrons. The van der Waals surface area contributed by atoms with Crippen LogP contribution in [0.15, 0.2) is 12.1 Å². The van der Waals surface area contributed by atoms with E-state index in [-0.39, 0.29) is 23.2 Å². The molecule has 0 unspecified atom stereocenters. The Balaban J connectivity index is 1.73. The number of carbonyl (C=O) groups is 1. The first-order chi connectivity index (χ1) is 11.9. The third kappa shape index (κ3) is 2.57. The number of phenols is 1. The fourth-order valence-corrected chi connectivity index (χ4v) is 5.92. The monoisotopic (exact) mass is 344 g/mol. The molecule has 2 N–H and O–H groups in total. The number of hydrogen-bond acceptors (Lipinski definition) is 4.